The van der Waals surface area contributed by atoms with E-state index < -0.39 is 0 Å². The van der Waals surface area contributed by atoms with Gasteiger partial charge in [-0.15, -0.1) is 0 Å². The standard InChI is InChI=1S/C11H19ClN4O3/c1-3-4-13-10-14-9(12)15-11(16-10)19-8-7-18-6-5-17-2/h3-8H2,1-2H3,(H,13,14,15,16). The van der Waals surface area contributed by atoms with Gasteiger partial charge in [-0.2, -0.15) is 15.0 Å². The first-order chi connectivity index (χ1) is 9.26. The Hall–Kier alpha value is -1.18. The minimum atomic E-state index is 0.101. The number of aromatic nitrogens is 3. The van der Waals surface area contributed by atoms with E-state index in [1.54, 1.807) is 7.11 Å². The lowest BCUT2D eigenvalue weighted by molar-refractivity contribution is 0.0528. The lowest BCUT2D eigenvalue weighted by Crippen LogP contribution is -2.12. The largest absolute Gasteiger partial charge is 0.461 e. The van der Waals surface area contributed by atoms with Gasteiger partial charge in [0.25, 0.3) is 0 Å². The molecule has 0 unspecified atom stereocenters. The smallest absolute Gasteiger partial charge is 0.322 e. The highest BCUT2D eigenvalue weighted by molar-refractivity contribution is 6.28. The SMILES string of the molecule is CCCNc1nc(Cl)nc(OCCOCCOC)n1. The molecule has 0 saturated heterocycles. The molecule has 0 atom stereocenters. The summed E-state index contributed by atoms with van der Waals surface area (Å²) in [5.41, 5.74) is 0. The summed E-state index contributed by atoms with van der Waals surface area (Å²) in [6.45, 7) is 4.68. The van der Waals surface area contributed by atoms with Crippen molar-refractivity contribution in [2.24, 2.45) is 0 Å². The summed E-state index contributed by atoms with van der Waals surface area (Å²) in [7, 11) is 1.62. The van der Waals surface area contributed by atoms with Gasteiger partial charge >= 0.3 is 6.01 Å². The normalized spacial score (nSPS) is 10.5. The van der Waals surface area contributed by atoms with Gasteiger partial charge in [0.2, 0.25) is 11.2 Å². The predicted molar refractivity (Wildman–Crippen MR) is 71.8 cm³/mol. The molecule has 0 spiro atoms. The second-order valence-corrected chi connectivity index (χ2v) is 3.93. The van der Waals surface area contributed by atoms with Crippen molar-refractivity contribution in [2.45, 2.75) is 13.3 Å². The van der Waals surface area contributed by atoms with Crippen molar-refractivity contribution in [2.75, 3.05) is 45.4 Å². The van der Waals surface area contributed by atoms with E-state index in [0.717, 1.165) is 13.0 Å². The molecule has 0 bridgehead atoms. The zero-order valence-electron chi connectivity index (χ0n) is 11.2. The zero-order valence-corrected chi connectivity index (χ0v) is 11.9. The van der Waals surface area contributed by atoms with Crippen LogP contribution in [-0.2, 0) is 9.47 Å². The Labute approximate surface area is 117 Å². The van der Waals surface area contributed by atoms with Crippen molar-refractivity contribution >= 4 is 17.5 Å². The maximum Gasteiger partial charge on any atom is 0.322 e. The highest BCUT2D eigenvalue weighted by Gasteiger charge is 2.05. The summed E-state index contributed by atoms with van der Waals surface area (Å²) >= 11 is 5.78. The van der Waals surface area contributed by atoms with Crippen LogP contribution >= 0.6 is 11.6 Å². The third-order valence-electron chi connectivity index (χ3n) is 2.01. The number of hydrogen-bond donors (Lipinski definition) is 1. The van der Waals surface area contributed by atoms with Gasteiger partial charge in [-0.05, 0) is 18.0 Å². The van der Waals surface area contributed by atoms with Crippen LogP contribution in [0.15, 0.2) is 0 Å². The average molecular weight is 291 g/mol. The maximum absolute atomic E-state index is 5.78. The Bertz CT molecular complexity index is 368. The molecule has 0 aliphatic carbocycles. The number of nitrogens with zero attached hydrogens (tertiary/aromatic N) is 3. The molecule has 19 heavy (non-hydrogen) atoms. The molecule has 7 nitrogen and oxygen atoms in total. The lowest BCUT2D eigenvalue weighted by Gasteiger charge is -2.07. The Morgan fingerprint density at radius 2 is 1.89 bits per heavy atom. The molecule has 1 heterocycles. The molecule has 1 N–H and O–H groups in total. The summed E-state index contributed by atoms with van der Waals surface area (Å²) in [6, 6.07) is 0.189. The van der Waals surface area contributed by atoms with E-state index in [1.165, 1.54) is 0 Å². The Morgan fingerprint density at radius 1 is 1.11 bits per heavy atom. The second kappa shape index (κ2) is 9.71. The topological polar surface area (TPSA) is 78.4 Å². The van der Waals surface area contributed by atoms with Gasteiger partial charge in [-0.3, -0.25) is 0 Å². The lowest BCUT2D eigenvalue weighted by atomic mass is 10.5. The first kappa shape index (κ1) is 15.9. The van der Waals surface area contributed by atoms with Crippen molar-refractivity contribution in [3.8, 4) is 6.01 Å². The second-order valence-electron chi connectivity index (χ2n) is 3.59. The molecule has 1 rings (SSSR count). The highest BCUT2D eigenvalue weighted by atomic mass is 35.5. The Balaban J connectivity index is 2.34. The Kier molecular flexibility index (Phi) is 8.11. The molecule has 108 valence electrons. The highest BCUT2D eigenvalue weighted by Crippen LogP contribution is 2.11. The van der Waals surface area contributed by atoms with E-state index in [2.05, 4.69) is 20.3 Å². The van der Waals surface area contributed by atoms with Gasteiger partial charge in [0.1, 0.15) is 6.61 Å². The maximum atomic E-state index is 5.78. The number of anilines is 1. The van der Waals surface area contributed by atoms with Gasteiger partial charge in [0.15, 0.2) is 0 Å². The van der Waals surface area contributed by atoms with Gasteiger partial charge < -0.3 is 19.5 Å². The van der Waals surface area contributed by atoms with Crippen LogP contribution in [0.1, 0.15) is 13.3 Å². The quantitative estimate of drug-likeness (QED) is 0.652. The van der Waals surface area contributed by atoms with Gasteiger partial charge in [0, 0.05) is 13.7 Å². The monoisotopic (exact) mass is 290 g/mol. The van der Waals surface area contributed by atoms with Crippen LogP contribution in [-0.4, -0.2) is 55.0 Å². The molecule has 0 aliphatic rings. The fraction of sp³-hybridized carbons (Fsp3) is 0.727. The third kappa shape index (κ3) is 7.09. The molecule has 0 saturated carbocycles. The summed E-state index contributed by atoms with van der Waals surface area (Å²) in [6.07, 6.45) is 0.965. The van der Waals surface area contributed by atoms with Gasteiger partial charge in [-0.25, -0.2) is 0 Å². The van der Waals surface area contributed by atoms with Crippen molar-refractivity contribution in [3.05, 3.63) is 5.28 Å². The molecule has 1 aromatic rings. The first-order valence-corrected chi connectivity index (χ1v) is 6.49. The molecule has 0 fully saturated rings. The van der Waals surface area contributed by atoms with Crippen LogP contribution in [0.2, 0.25) is 5.28 Å². The van der Waals surface area contributed by atoms with Crippen LogP contribution in [0, 0.1) is 0 Å². The number of methoxy groups -OCH3 is 1. The van der Waals surface area contributed by atoms with Crippen LogP contribution < -0.4 is 10.1 Å². The fourth-order valence-corrected chi connectivity index (χ4v) is 1.30. The summed E-state index contributed by atoms with van der Waals surface area (Å²) in [4.78, 5) is 11.9. The van der Waals surface area contributed by atoms with E-state index in [4.69, 9.17) is 25.8 Å². The van der Waals surface area contributed by atoms with E-state index >= 15 is 0 Å². The van der Waals surface area contributed by atoms with Crippen LogP contribution in [0.25, 0.3) is 0 Å². The molecule has 8 heteroatoms. The number of halogens is 1. The van der Waals surface area contributed by atoms with E-state index in [-0.39, 0.29) is 11.3 Å². The molecule has 0 amide bonds. The third-order valence-corrected chi connectivity index (χ3v) is 2.18. The number of hydrogen-bond acceptors (Lipinski definition) is 7. The van der Waals surface area contributed by atoms with E-state index in [9.17, 15) is 0 Å². The molecule has 0 aliphatic heterocycles. The zero-order chi connectivity index (χ0) is 13.9. The van der Waals surface area contributed by atoms with Gasteiger partial charge in [-0.1, -0.05) is 6.92 Å². The van der Waals surface area contributed by atoms with Crippen molar-refractivity contribution in [3.63, 3.8) is 0 Å². The molecule has 0 radical (unpaired) electrons. The summed E-state index contributed by atoms with van der Waals surface area (Å²) in [5.74, 6) is 0.414. The summed E-state index contributed by atoms with van der Waals surface area (Å²) < 4.78 is 15.4. The first-order valence-electron chi connectivity index (χ1n) is 6.11. The minimum absolute atomic E-state index is 0.101. The van der Waals surface area contributed by atoms with Crippen molar-refractivity contribution in [1.82, 2.24) is 15.0 Å². The van der Waals surface area contributed by atoms with E-state index in [1.807, 2.05) is 6.92 Å². The fourth-order valence-electron chi connectivity index (χ4n) is 1.15. The van der Waals surface area contributed by atoms with Gasteiger partial charge in [0.05, 0.1) is 19.8 Å². The Morgan fingerprint density at radius 3 is 2.63 bits per heavy atom. The number of ether oxygens (including phenoxy) is 3. The minimum Gasteiger partial charge on any atom is -0.461 e. The number of rotatable bonds is 10. The van der Waals surface area contributed by atoms with E-state index in [0.29, 0.717) is 32.4 Å². The molecule has 1 aromatic heterocycles. The molecular formula is C11H19ClN4O3. The summed E-state index contributed by atoms with van der Waals surface area (Å²) in [5, 5.41) is 3.12. The predicted octanol–water partition coefficient (Wildman–Crippen LogP) is 1.39. The van der Waals surface area contributed by atoms with Crippen LogP contribution in [0.5, 0.6) is 6.01 Å². The van der Waals surface area contributed by atoms with Crippen molar-refractivity contribution < 1.29 is 14.2 Å². The number of nitrogens with one attached hydrogen (secondary N) is 1. The van der Waals surface area contributed by atoms with Crippen molar-refractivity contribution in [1.29, 1.82) is 0 Å². The average Bonchev–Trinajstić information content (AvgIpc) is 2.40. The van der Waals surface area contributed by atoms with Crippen LogP contribution in [0.3, 0.4) is 0 Å². The van der Waals surface area contributed by atoms with Crippen LogP contribution in [0.4, 0.5) is 5.95 Å². The molecular weight excluding hydrogens is 272 g/mol. The molecule has 0 aromatic carbocycles.